The zero-order valence-electron chi connectivity index (χ0n) is 13.2. The van der Waals surface area contributed by atoms with Crippen LogP contribution in [0, 0.1) is 0 Å². The summed E-state index contributed by atoms with van der Waals surface area (Å²) in [6, 6.07) is 13.2. The van der Waals surface area contributed by atoms with Crippen LogP contribution in [0.5, 0.6) is 0 Å². The second-order valence-corrected chi connectivity index (χ2v) is 6.29. The van der Waals surface area contributed by atoms with Gasteiger partial charge in [0.2, 0.25) is 0 Å². The number of thiophene rings is 1. The van der Waals surface area contributed by atoms with Crippen molar-refractivity contribution in [2.45, 2.75) is 13.5 Å². The van der Waals surface area contributed by atoms with E-state index in [-0.39, 0.29) is 0 Å². The maximum Gasteiger partial charge on any atom is 0.345 e. The number of hydrogen-bond donors (Lipinski definition) is 1. The molecule has 0 aliphatic heterocycles. The van der Waals surface area contributed by atoms with Crippen molar-refractivity contribution in [1.82, 2.24) is 9.97 Å². The summed E-state index contributed by atoms with van der Waals surface area (Å²) in [6.45, 7) is 3.61. The summed E-state index contributed by atoms with van der Waals surface area (Å²) in [5, 5.41) is 9.05. The third-order valence-corrected chi connectivity index (χ3v) is 4.72. The lowest BCUT2D eigenvalue weighted by Crippen LogP contribution is -2.22. The van der Waals surface area contributed by atoms with E-state index in [9.17, 15) is 4.79 Å². The molecule has 0 bridgehead atoms. The summed E-state index contributed by atoms with van der Waals surface area (Å²) >= 11 is 1.24. The Morgan fingerprint density at radius 3 is 2.75 bits per heavy atom. The van der Waals surface area contributed by atoms with Crippen LogP contribution in [-0.4, -0.2) is 27.6 Å². The molecule has 3 rings (SSSR count). The summed E-state index contributed by atoms with van der Waals surface area (Å²) in [4.78, 5) is 23.3. The second-order valence-electron chi connectivity index (χ2n) is 5.21. The minimum Gasteiger partial charge on any atom is -0.477 e. The molecule has 0 aliphatic rings. The molecular weight excluding hydrogens is 322 g/mol. The first-order chi connectivity index (χ1) is 11.7. The largest absolute Gasteiger partial charge is 0.477 e. The Morgan fingerprint density at radius 2 is 2.08 bits per heavy atom. The molecule has 0 saturated heterocycles. The van der Waals surface area contributed by atoms with Gasteiger partial charge in [-0.1, -0.05) is 6.07 Å². The lowest BCUT2D eigenvalue weighted by atomic mass is 10.2. The van der Waals surface area contributed by atoms with Gasteiger partial charge >= 0.3 is 5.97 Å². The molecule has 0 aromatic carbocycles. The lowest BCUT2D eigenvalue weighted by molar-refractivity contribution is 0.0702. The molecule has 0 atom stereocenters. The molecule has 1 N–H and O–H groups in total. The molecule has 3 aromatic rings. The molecular formula is C18H17N3O2S. The second kappa shape index (κ2) is 7.23. The van der Waals surface area contributed by atoms with Crippen LogP contribution in [0.1, 0.15) is 22.3 Å². The number of pyridine rings is 2. The minimum atomic E-state index is -0.906. The van der Waals surface area contributed by atoms with Crippen molar-refractivity contribution in [2.24, 2.45) is 0 Å². The Balaban J connectivity index is 1.83. The van der Waals surface area contributed by atoms with Gasteiger partial charge in [-0.25, -0.2) is 4.79 Å². The van der Waals surface area contributed by atoms with Crippen LogP contribution in [0.15, 0.2) is 54.9 Å². The standard InChI is InChI=1S/C18H17N3O2S/c1-2-21(14-6-4-10-19-11-14)12-13-5-3-7-15(20-13)16-8-9-17(24-16)18(22)23/h3-11H,2,12H2,1H3,(H,22,23). The molecule has 3 heterocycles. The quantitative estimate of drug-likeness (QED) is 0.737. The normalized spacial score (nSPS) is 10.5. The van der Waals surface area contributed by atoms with E-state index < -0.39 is 5.97 Å². The molecule has 0 aliphatic carbocycles. The van der Waals surface area contributed by atoms with E-state index in [1.807, 2.05) is 36.5 Å². The number of aromatic carboxylic acids is 1. The third kappa shape index (κ3) is 3.60. The summed E-state index contributed by atoms with van der Waals surface area (Å²) in [5.41, 5.74) is 2.78. The topological polar surface area (TPSA) is 66.3 Å². The fourth-order valence-electron chi connectivity index (χ4n) is 2.42. The summed E-state index contributed by atoms with van der Waals surface area (Å²) in [7, 11) is 0. The van der Waals surface area contributed by atoms with E-state index in [4.69, 9.17) is 5.11 Å². The van der Waals surface area contributed by atoms with Crippen molar-refractivity contribution in [3.8, 4) is 10.6 Å². The monoisotopic (exact) mass is 339 g/mol. The van der Waals surface area contributed by atoms with Crippen LogP contribution < -0.4 is 4.90 Å². The van der Waals surface area contributed by atoms with Crippen molar-refractivity contribution in [3.63, 3.8) is 0 Å². The molecule has 0 spiro atoms. The van der Waals surface area contributed by atoms with Crippen LogP contribution in [0.4, 0.5) is 5.69 Å². The zero-order valence-corrected chi connectivity index (χ0v) is 14.0. The van der Waals surface area contributed by atoms with E-state index >= 15 is 0 Å². The molecule has 0 fully saturated rings. The van der Waals surface area contributed by atoms with Gasteiger partial charge < -0.3 is 10.0 Å². The highest BCUT2D eigenvalue weighted by Crippen LogP contribution is 2.27. The summed E-state index contributed by atoms with van der Waals surface area (Å²) in [6.07, 6.45) is 3.60. The molecule has 0 unspecified atom stereocenters. The highest BCUT2D eigenvalue weighted by atomic mass is 32.1. The molecule has 0 amide bonds. The number of carboxylic acid groups (broad SMARTS) is 1. The van der Waals surface area contributed by atoms with Gasteiger partial charge in [-0.2, -0.15) is 0 Å². The van der Waals surface area contributed by atoms with Gasteiger partial charge in [0.1, 0.15) is 4.88 Å². The predicted octanol–water partition coefficient (Wildman–Crippen LogP) is 3.93. The number of nitrogens with zero attached hydrogens (tertiary/aromatic N) is 3. The predicted molar refractivity (Wildman–Crippen MR) is 95.5 cm³/mol. The average Bonchev–Trinajstić information content (AvgIpc) is 3.11. The van der Waals surface area contributed by atoms with Crippen molar-refractivity contribution in [3.05, 3.63) is 65.4 Å². The van der Waals surface area contributed by atoms with Crippen LogP contribution >= 0.6 is 11.3 Å². The van der Waals surface area contributed by atoms with Crippen molar-refractivity contribution in [2.75, 3.05) is 11.4 Å². The summed E-state index contributed by atoms with van der Waals surface area (Å²) in [5.74, 6) is -0.906. The molecule has 3 aromatic heterocycles. The van der Waals surface area contributed by atoms with Gasteiger partial charge in [-0.3, -0.25) is 9.97 Å². The molecule has 24 heavy (non-hydrogen) atoms. The lowest BCUT2D eigenvalue weighted by Gasteiger charge is -2.22. The van der Waals surface area contributed by atoms with E-state index in [1.165, 1.54) is 11.3 Å². The number of carboxylic acids is 1. The fraction of sp³-hybridized carbons (Fsp3) is 0.167. The Bertz CT molecular complexity index is 833. The van der Waals surface area contributed by atoms with Gasteiger partial charge in [0, 0.05) is 12.7 Å². The fourth-order valence-corrected chi connectivity index (χ4v) is 3.23. The van der Waals surface area contributed by atoms with E-state index in [2.05, 4.69) is 21.8 Å². The Morgan fingerprint density at radius 1 is 1.21 bits per heavy atom. The molecule has 6 heteroatoms. The maximum atomic E-state index is 11.0. The molecule has 122 valence electrons. The zero-order chi connectivity index (χ0) is 16.9. The smallest absolute Gasteiger partial charge is 0.345 e. The van der Waals surface area contributed by atoms with E-state index in [0.717, 1.165) is 28.5 Å². The molecule has 0 saturated carbocycles. The number of rotatable bonds is 6. The average molecular weight is 339 g/mol. The minimum absolute atomic E-state index is 0.322. The Kier molecular flexibility index (Phi) is 4.86. The van der Waals surface area contributed by atoms with Gasteiger partial charge in [0.05, 0.1) is 34.7 Å². The Labute approximate surface area is 144 Å². The van der Waals surface area contributed by atoms with Crippen molar-refractivity contribution < 1.29 is 9.90 Å². The van der Waals surface area contributed by atoms with Crippen molar-refractivity contribution in [1.29, 1.82) is 0 Å². The number of anilines is 1. The first-order valence-corrected chi connectivity index (χ1v) is 8.43. The van der Waals surface area contributed by atoms with Crippen LogP contribution in [-0.2, 0) is 6.54 Å². The maximum absolute atomic E-state index is 11.0. The summed E-state index contributed by atoms with van der Waals surface area (Å²) < 4.78 is 0. The van der Waals surface area contributed by atoms with Gasteiger partial charge in [0.25, 0.3) is 0 Å². The number of aromatic nitrogens is 2. The number of hydrogen-bond acceptors (Lipinski definition) is 5. The van der Waals surface area contributed by atoms with Gasteiger partial charge in [0.15, 0.2) is 0 Å². The van der Waals surface area contributed by atoms with E-state index in [0.29, 0.717) is 11.4 Å². The first-order valence-electron chi connectivity index (χ1n) is 7.62. The third-order valence-electron chi connectivity index (χ3n) is 3.62. The molecule has 5 nitrogen and oxygen atoms in total. The van der Waals surface area contributed by atoms with Crippen molar-refractivity contribution >= 4 is 23.0 Å². The first kappa shape index (κ1) is 16.1. The highest BCUT2D eigenvalue weighted by molar-refractivity contribution is 7.17. The van der Waals surface area contributed by atoms with Crippen LogP contribution in [0.2, 0.25) is 0 Å². The SMILES string of the molecule is CCN(Cc1cccc(-c2ccc(C(=O)O)s2)n1)c1cccnc1. The van der Waals surface area contributed by atoms with Crippen LogP contribution in [0.25, 0.3) is 10.6 Å². The van der Waals surface area contributed by atoms with Gasteiger partial charge in [-0.05, 0) is 43.3 Å². The number of carbonyl (C=O) groups is 1. The molecule has 0 radical (unpaired) electrons. The van der Waals surface area contributed by atoms with Crippen LogP contribution in [0.3, 0.4) is 0 Å². The van der Waals surface area contributed by atoms with E-state index in [1.54, 1.807) is 18.3 Å². The highest BCUT2D eigenvalue weighted by Gasteiger charge is 2.11. The van der Waals surface area contributed by atoms with Gasteiger partial charge in [-0.15, -0.1) is 11.3 Å². The Hall–Kier alpha value is -2.73.